The maximum atomic E-state index is 13.8. The summed E-state index contributed by atoms with van der Waals surface area (Å²) in [7, 11) is 0. The second kappa shape index (κ2) is 7.18. The van der Waals surface area contributed by atoms with Crippen molar-refractivity contribution in [1.29, 1.82) is 0 Å². The van der Waals surface area contributed by atoms with Gasteiger partial charge in [-0.25, -0.2) is 14.5 Å². The van der Waals surface area contributed by atoms with Crippen molar-refractivity contribution in [3.8, 4) is 5.69 Å². The lowest BCUT2D eigenvalue weighted by Crippen LogP contribution is -2.30. The number of alkyl halides is 3. The third-order valence-corrected chi connectivity index (χ3v) is 3.96. The van der Waals surface area contributed by atoms with Gasteiger partial charge in [-0.2, -0.15) is 13.2 Å². The first-order valence-electron chi connectivity index (χ1n) is 8.05. The number of carboxylic acids is 1. The van der Waals surface area contributed by atoms with Crippen LogP contribution in [0.15, 0.2) is 64.4 Å². The highest BCUT2D eigenvalue weighted by Gasteiger charge is 2.40. The molecular weight excluding hydrogens is 375 g/mol. The van der Waals surface area contributed by atoms with E-state index in [1.165, 1.54) is 19.1 Å². The van der Waals surface area contributed by atoms with Gasteiger partial charge in [0.05, 0.1) is 22.5 Å². The zero-order chi connectivity index (χ0) is 20.5. The number of carbonyl (C=O) groups is 1. The average molecular weight is 389 g/mol. The van der Waals surface area contributed by atoms with Gasteiger partial charge in [-0.05, 0) is 31.2 Å². The van der Waals surface area contributed by atoms with Crippen LogP contribution < -0.4 is 5.56 Å². The van der Waals surface area contributed by atoms with Gasteiger partial charge in [0.15, 0.2) is 5.71 Å². The Bertz CT molecular complexity index is 1110. The molecule has 0 aliphatic carbocycles. The lowest BCUT2D eigenvalue weighted by atomic mass is 10.1. The minimum Gasteiger partial charge on any atom is -0.478 e. The highest BCUT2D eigenvalue weighted by molar-refractivity contribution is 6.07. The van der Waals surface area contributed by atoms with E-state index < -0.39 is 40.2 Å². The van der Waals surface area contributed by atoms with Crippen molar-refractivity contribution < 1.29 is 23.1 Å². The predicted octanol–water partition coefficient (Wildman–Crippen LogP) is 3.86. The number of rotatable bonds is 4. The Morgan fingerprint density at radius 3 is 2.29 bits per heavy atom. The Balaban J connectivity index is 2.25. The van der Waals surface area contributed by atoms with Crippen molar-refractivity contribution in [2.24, 2.45) is 4.99 Å². The number of nitrogens with one attached hydrogen (secondary N) is 1. The fourth-order valence-electron chi connectivity index (χ4n) is 2.72. The summed E-state index contributed by atoms with van der Waals surface area (Å²) in [6.07, 6.45) is -4.98. The molecule has 0 bridgehead atoms. The summed E-state index contributed by atoms with van der Waals surface area (Å²) < 4.78 is 42.2. The number of para-hydroxylation sites is 2. The molecule has 3 aromatic rings. The number of aromatic nitrogens is 2. The van der Waals surface area contributed by atoms with Crippen molar-refractivity contribution in [2.75, 3.05) is 0 Å². The van der Waals surface area contributed by atoms with E-state index in [2.05, 4.69) is 10.1 Å². The first kappa shape index (κ1) is 19.2. The highest BCUT2D eigenvalue weighted by Crippen LogP contribution is 2.28. The number of aliphatic imine (C=N–C) groups is 1. The molecule has 0 aliphatic heterocycles. The third-order valence-electron chi connectivity index (χ3n) is 3.96. The molecule has 1 heterocycles. The van der Waals surface area contributed by atoms with Crippen LogP contribution in [-0.2, 0) is 0 Å². The molecule has 9 heteroatoms. The number of hydrogen-bond donors (Lipinski definition) is 2. The van der Waals surface area contributed by atoms with E-state index in [-0.39, 0.29) is 5.69 Å². The Morgan fingerprint density at radius 1 is 1.07 bits per heavy atom. The van der Waals surface area contributed by atoms with Gasteiger partial charge in [0.25, 0.3) is 5.56 Å². The van der Waals surface area contributed by atoms with E-state index in [1.54, 1.807) is 30.3 Å². The number of carboxylic acid groups (broad SMARTS) is 1. The van der Waals surface area contributed by atoms with Crippen LogP contribution in [0.25, 0.3) is 5.69 Å². The predicted molar refractivity (Wildman–Crippen MR) is 96.8 cm³/mol. The van der Waals surface area contributed by atoms with Crippen LogP contribution >= 0.6 is 0 Å². The van der Waals surface area contributed by atoms with Crippen molar-refractivity contribution in [3.63, 3.8) is 0 Å². The Kier molecular flexibility index (Phi) is 4.91. The lowest BCUT2D eigenvalue weighted by Gasteiger charge is -2.10. The van der Waals surface area contributed by atoms with Crippen LogP contribution in [0.2, 0.25) is 0 Å². The molecule has 0 amide bonds. The Morgan fingerprint density at radius 2 is 1.68 bits per heavy atom. The normalized spacial score (nSPS) is 12.2. The molecule has 0 unspecified atom stereocenters. The molecule has 0 radical (unpaired) electrons. The second-order valence-corrected chi connectivity index (χ2v) is 5.87. The number of benzene rings is 2. The SMILES string of the molecule is Cc1[nH]n(-c2ccccc2)c(=O)c1C(=Nc1ccccc1C(=O)O)C(F)(F)F. The molecule has 0 aliphatic rings. The number of aromatic amines is 1. The molecule has 2 aromatic carbocycles. The van der Waals surface area contributed by atoms with Crippen LogP contribution in [0.1, 0.15) is 21.6 Å². The number of halogens is 3. The van der Waals surface area contributed by atoms with Crippen molar-refractivity contribution in [2.45, 2.75) is 13.1 Å². The zero-order valence-corrected chi connectivity index (χ0v) is 14.5. The van der Waals surface area contributed by atoms with Crippen molar-refractivity contribution in [3.05, 3.63) is 81.8 Å². The van der Waals surface area contributed by atoms with E-state index in [4.69, 9.17) is 0 Å². The molecule has 6 nitrogen and oxygen atoms in total. The second-order valence-electron chi connectivity index (χ2n) is 5.87. The molecule has 28 heavy (non-hydrogen) atoms. The van der Waals surface area contributed by atoms with E-state index in [9.17, 15) is 27.9 Å². The van der Waals surface area contributed by atoms with Gasteiger partial charge in [0.1, 0.15) is 0 Å². The Hall–Kier alpha value is -3.62. The van der Waals surface area contributed by atoms with E-state index in [0.29, 0.717) is 5.69 Å². The van der Waals surface area contributed by atoms with Crippen LogP contribution in [0, 0.1) is 6.92 Å². The average Bonchev–Trinajstić information content (AvgIpc) is 2.94. The molecule has 0 saturated carbocycles. The van der Waals surface area contributed by atoms with Gasteiger partial charge in [0, 0.05) is 5.69 Å². The third kappa shape index (κ3) is 3.59. The van der Waals surface area contributed by atoms with Crippen molar-refractivity contribution >= 4 is 17.4 Å². The fourth-order valence-corrected chi connectivity index (χ4v) is 2.72. The smallest absolute Gasteiger partial charge is 0.434 e. The topological polar surface area (TPSA) is 87.5 Å². The van der Waals surface area contributed by atoms with Gasteiger partial charge in [-0.1, -0.05) is 30.3 Å². The number of H-pyrrole nitrogens is 1. The Labute approximate surface area is 156 Å². The summed E-state index contributed by atoms with van der Waals surface area (Å²) in [4.78, 5) is 27.5. The quantitative estimate of drug-likeness (QED) is 0.665. The molecule has 1 aromatic heterocycles. The van der Waals surface area contributed by atoms with Crippen LogP contribution in [-0.4, -0.2) is 32.7 Å². The van der Waals surface area contributed by atoms with Crippen molar-refractivity contribution in [1.82, 2.24) is 9.78 Å². The molecule has 3 rings (SSSR count). The molecular formula is C19H14F3N3O3. The maximum absolute atomic E-state index is 13.8. The summed E-state index contributed by atoms with van der Waals surface area (Å²) in [5.41, 5.74) is -3.56. The molecule has 0 fully saturated rings. The summed E-state index contributed by atoms with van der Waals surface area (Å²) in [6, 6.07) is 13.1. The molecule has 144 valence electrons. The molecule has 0 spiro atoms. The van der Waals surface area contributed by atoms with Crippen LogP contribution in [0.5, 0.6) is 0 Å². The lowest BCUT2D eigenvalue weighted by molar-refractivity contribution is -0.0580. The molecule has 0 atom stereocenters. The standard InChI is InChI=1S/C19H14F3N3O3/c1-11-15(17(26)25(24-11)12-7-3-2-4-8-12)16(19(20,21)22)23-14-10-6-5-9-13(14)18(27)28/h2-10,24H,1H3,(H,27,28). The van der Waals surface area contributed by atoms with Gasteiger partial charge < -0.3 is 5.11 Å². The summed E-state index contributed by atoms with van der Waals surface area (Å²) >= 11 is 0. The van der Waals surface area contributed by atoms with E-state index in [1.807, 2.05) is 0 Å². The van der Waals surface area contributed by atoms with Gasteiger partial charge in [-0.15, -0.1) is 0 Å². The van der Waals surface area contributed by atoms with E-state index >= 15 is 0 Å². The summed E-state index contributed by atoms with van der Waals surface area (Å²) in [5.74, 6) is -1.42. The van der Waals surface area contributed by atoms with Gasteiger partial charge in [-0.3, -0.25) is 9.89 Å². The summed E-state index contributed by atoms with van der Waals surface area (Å²) in [6.45, 7) is 1.32. The number of hydrogen-bond acceptors (Lipinski definition) is 3. The highest BCUT2D eigenvalue weighted by atomic mass is 19.4. The maximum Gasteiger partial charge on any atom is 0.434 e. The fraction of sp³-hybridized carbons (Fsp3) is 0.105. The first-order chi connectivity index (χ1) is 13.2. The number of nitrogens with zero attached hydrogens (tertiary/aromatic N) is 2. The first-order valence-corrected chi connectivity index (χ1v) is 8.05. The van der Waals surface area contributed by atoms with E-state index in [0.717, 1.165) is 16.8 Å². The molecule has 0 saturated heterocycles. The minimum absolute atomic E-state index is 0.0438. The monoisotopic (exact) mass is 389 g/mol. The van der Waals surface area contributed by atoms with Gasteiger partial charge >= 0.3 is 12.1 Å². The minimum atomic E-state index is -4.98. The number of aryl methyl sites for hydroxylation is 1. The molecule has 2 N–H and O–H groups in total. The van der Waals surface area contributed by atoms with Crippen LogP contribution in [0.4, 0.5) is 18.9 Å². The largest absolute Gasteiger partial charge is 0.478 e. The zero-order valence-electron chi connectivity index (χ0n) is 14.5. The van der Waals surface area contributed by atoms with Crippen LogP contribution in [0.3, 0.4) is 0 Å². The summed E-state index contributed by atoms with van der Waals surface area (Å²) in [5, 5.41) is 11.8. The number of aromatic carboxylic acids is 1. The van der Waals surface area contributed by atoms with Gasteiger partial charge in [0.2, 0.25) is 0 Å².